The minimum atomic E-state index is -0.231. The van der Waals surface area contributed by atoms with E-state index in [1.54, 1.807) is 6.07 Å². The summed E-state index contributed by atoms with van der Waals surface area (Å²) in [6.07, 6.45) is 0.758. The van der Waals surface area contributed by atoms with Crippen molar-refractivity contribution in [3.8, 4) is 0 Å². The van der Waals surface area contributed by atoms with Gasteiger partial charge in [0.15, 0.2) is 0 Å². The first kappa shape index (κ1) is 14.2. The number of rotatable bonds is 4. The molecule has 0 aliphatic rings. The van der Waals surface area contributed by atoms with E-state index in [0.29, 0.717) is 0 Å². The van der Waals surface area contributed by atoms with Crippen LogP contribution in [0.1, 0.15) is 23.0 Å². The number of likely N-dealkylation sites (N-methyl/N-ethyl adjacent to an activating group) is 1. The van der Waals surface area contributed by atoms with Crippen LogP contribution >= 0.6 is 15.9 Å². The zero-order valence-electron chi connectivity index (χ0n) is 11.0. The number of halogens is 2. The molecule has 0 spiro atoms. The third-order valence-electron chi connectivity index (χ3n) is 3.05. The molecule has 1 aromatic carbocycles. The second-order valence-electron chi connectivity index (χ2n) is 4.48. The monoisotopic (exact) mass is 322 g/mol. The summed E-state index contributed by atoms with van der Waals surface area (Å²) in [5.74, 6) is -0.231. The van der Waals surface area contributed by atoms with E-state index < -0.39 is 0 Å². The van der Waals surface area contributed by atoms with Gasteiger partial charge in [0.1, 0.15) is 5.82 Å². The van der Waals surface area contributed by atoms with Crippen LogP contribution in [0.15, 0.2) is 40.9 Å². The van der Waals surface area contributed by atoms with Crippen molar-refractivity contribution >= 4 is 15.9 Å². The summed E-state index contributed by atoms with van der Waals surface area (Å²) in [7, 11) is 1.91. The third-order valence-corrected chi connectivity index (χ3v) is 3.79. The summed E-state index contributed by atoms with van der Waals surface area (Å²) in [5.41, 5.74) is 3.05. The number of aryl methyl sites for hydroxylation is 1. The summed E-state index contributed by atoms with van der Waals surface area (Å²) in [5, 5.41) is 3.26. The van der Waals surface area contributed by atoms with Gasteiger partial charge in [0.25, 0.3) is 0 Å². The fraction of sp³-hybridized carbons (Fsp3) is 0.267. The average molecular weight is 323 g/mol. The van der Waals surface area contributed by atoms with E-state index in [2.05, 4.69) is 26.2 Å². The van der Waals surface area contributed by atoms with Gasteiger partial charge in [-0.1, -0.05) is 28.1 Å². The highest BCUT2D eigenvalue weighted by molar-refractivity contribution is 9.10. The molecule has 0 fully saturated rings. The van der Waals surface area contributed by atoms with Gasteiger partial charge in [-0.15, -0.1) is 0 Å². The Labute approximate surface area is 121 Å². The molecule has 1 aromatic heterocycles. The van der Waals surface area contributed by atoms with Gasteiger partial charge in [0.2, 0.25) is 0 Å². The van der Waals surface area contributed by atoms with Crippen molar-refractivity contribution < 1.29 is 4.39 Å². The molecule has 0 aliphatic carbocycles. The maximum Gasteiger partial charge on any atom is 0.124 e. The van der Waals surface area contributed by atoms with Gasteiger partial charge in [-0.25, -0.2) is 4.39 Å². The molecule has 0 radical (unpaired) electrons. The minimum Gasteiger partial charge on any atom is -0.311 e. The van der Waals surface area contributed by atoms with Crippen LogP contribution in [0.4, 0.5) is 4.39 Å². The maximum absolute atomic E-state index is 13.1. The van der Waals surface area contributed by atoms with Gasteiger partial charge >= 0.3 is 0 Å². The molecule has 2 nitrogen and oxygen atoms in total. The van der Waals surface area contributed by atoms with E-state index in [9.17, 15) is 4.39 Å². The van der Waals surface area contributed by atoms with Gasteiger partial charge in [-0.2, -0.15) is 0 Å². The number of pyridine rings is 1. The Morgan fingerprint density at radius 3 is 2.74 bits per heavy atom. The molecule has 4 heteroatoms. The summed E-state index contributed by atoms with van der Waals surface area (Å²) in [6.45, 7) is 1.98. The Kier molecular flexibility index (Phi) is 4.66. The SMILES string of the molecule is CNC(Cc1ccc(F)cc1Br)c1cccc(C)n1. The standard InChI is InChI=1S/C15H16BrFN2/c1-10-4-3-5-14(19-10)15(18-2)8-11-6-7-12(17)9-13(11)16/h3-7,9,15,18H,8H2,1-2H3. The van der Waals surface area contributed by atoms with Crippen molar-refractivity contribution in [2.45, 2.75) is 19.4 Å². The van der Waals surface area contributed by atoms with Gasteiger partial charge in [0.05, 0.1) is 11.7 Å². The van der Waals surface area contributed by atoms with Crippen molar-refractivity contribution in [3.05, 3.63) is 63.6 Å². The van der Waals surface area contributed by atoms with Gasteiger partial charge in [0, 0.05) is 10.2 Å². The number of hydrogen-bond donors (Lipinski definition) is 1. The van der Waals surface area contributed by atoms with Crippen LogP contribution in [0.25, 0.3) is 0 Å². The second-order valence-corrected chi connectivity index (χ2v) is 5.34. The lowest BCUT2D eigenvalue weighted by Gasteiger charge is -2.17. The number of benzene rings is 1. The normalized spacial score (nSPS) is 12.4. The van der Waals surface area contributed by atoms with Crippen LogP contribution in [0.2, 0.25) is 0 Å². The van der Waals surface area contributed by atoms with Crippen LogP contribution in [-0.4, -0.2) is 12.0 Å². The molecule has 2 rings (SSSR count). The van der Waals surface area contributed by atoms with Crippen LogP contribution < -0.4 is 5.32 Å². The molecule has 1 unspecified atom stereocenters. The average Bonchev–Trinajstić information content (AvgIpc) is 2.38. The molecule has 0 bridgehead atoms. The van der Waals surface area contributed by atoms with E-state index >= 15 is 0 Å². The third kappa shape index (κ3) is 3.61. The van der Waals surface area contributed by atoms with Crippen LogP contribution in [0.5, 0.6) is 0 Å². The summed E-state index contributed by atoms with van der Waals surface area (Å²) in [4.78, 5) is 4.54. The quantitative estimate of drug-likeness (QED) is 0.926. The Hall–Kier alpha value is -1.26. The fourth-order valence-corrected chi connectivity index (χ4v) is 2.53. The van der Waals surface area contributed by atoms with Crippen LogP contribution in [-0.2, 0) is 6.42 Å². The highest BCUT2D eigenvalue weighted by atomic mass is 79.9. The maximum atomic E-state index is 13.1. The smallest absolute Gasteiger partial charge is 0.124 e. The molecule has 19 heavy (non-hydrogen) atoms. The Morgan fingerprint density at radius 2 is 2.11 bits per heavy atom. The molecule has 0 saturated carbocycles. The predicted molar refractivity (Wildman–Crippen MR) is 78.6 cm³/mol. The first-order valence-corrected chi connectivity index (χ1v) is 6.94. The van der Waals surface area contributed by atoms with E-state index in [-0.39, 0.29) is 11.9 Å². The van der Waals surface area contributed by atoms with Crippen molar-refractivity contribution in [2.75, 3.05) is 7.05 Å². The zero-order chi connectivity index (χ0) is 13.8. The predicted octanol–water partition coefficient (Wildman–Crippen LogP) is 3.79. The Bertz CT molecular complexity index is 572. The van der Waals surface area contributed by atoms with Gasteiger partial charge in [-0.05, 0) is 50.2 Å². The van der Waals surface area contributed by atoms with Gasteiger partial charge < -0.3 is 5.32 Å². The van der Waals surface area contributed by atoms with E-state index in [0.717, 1.165) is 27.8 Å². The van der Waals surface area contributed by atoms with Crippen LogP contribution in [0, 0.1) is 12.7 Å². The fourth-order valence-electron chi connectivity index (χ4n) is 2.02. The lowest BCUT2D eigenvalue weighted by atomic mass is 10.0. The number of hydrogen-bond acceptors (Lipinski definition) is 2. The molecule has 100 valence electrons. The molecule has 1 atom stereocenters. The first-order valence-electron chi connectivity index (χ1n) is 6.15. The largest absolute Gasteiger partial charge is 0.311 e. The van der Waals surface area contributed by atoms with Crippen LogP contribution in [0.3, 0.4) is 0 Å². The molecular weight excluding hydrogens is 307 g/mol. The lowest BCUT2D eigenvalue weighted by molar-refractivity contribution is 0.571. The molecule has 1 heterocycles. The first-order chi connectivity index (χ1) is 9.10. The molecule has 1 N–H and O–H groups in total. The molecule has 0 saturated heterocycles. The molecule has 0 aliphatic heterocycles. The molecule has 2 aromatic rings. The summed E-state index contributed by atoms with van der Waals surface area (Å²) in [6, 6.07) is 10.9. The summed E-state index contributed by atoms with van der Waals surface area (Å²) >= 11 is 3.40. The van der Waals surface area contributed by atoms with Crippen molar-refractivity contribution in [1.29, 1.82) is 0 Å². The zero-order valence-corrected chi connectivity index (χ0v) is 12.5. The van der Waals surface area contributed by atoms with Crippen molar-refractivity contribution in [1.82, 2.24) is 10.3 Å². The van der Waals surface area contributed by atoms with E-state index in [4.69, 9.17) is 0 Å². The highest BCUT2D eigenvalue weighted by Crippen LogP contribution is 2.24. The number of aromatic nitrogens is 1. The van der Waals surface area contributed by atoms with Crippen molar-refractivity contribution in [3.63, 3.8) is 0 Å². The van der Waals surface area contributed by atoms with Gasteiger partial charge in [-0.3, -0.25) is 4.98 Å². The number of nitrogens with one attached hydrogen (secondary N) is 1. The number of nitrogens with zero attached hydrogens (tertiary/aromatic N) is 1. The summed E-state index contributed by atoms with van der Waals surface area (Å²) < 4.78 is 13.9. The lowest BCUT2D eigenvalue weighted by Crippen LogP contribution is -2.20. The van der Waals surface area contributed by atoms with E-state index in [1.165, 1.54) is 12.1 Å². The Morgan fingerprint density at radius 1 is 1.32 bits per heavy atom. The Balaban J connectivity index is 2.24. The molecular formula is C15H16BrFN2. The minimum absolute atomic E-state index is 0.113. The van der Waals surface area contributed by atoms with Crippen molar-refractivity contribution in [2.24, 2.45) is 0 Å². The second kappa shape index (κ2) is 6.26. The topological polar surface area (TPSA) is 24.9 Å². The molecule has 0 amide bonds. The van der Waals surface area contributed by atoms with E-state index in [1.807, 2.05) is 32.2 Å². The highest BCUT2D eigenvalue weighted by Gasteiger charge is 2.13.